The smallest absolute Gasteiger partial charge is 0.267 e. The number of rotatable bonds is 2. The van der Waals surface area contributed by atoms with Gasteiger partial charge < -0.3 is 0 Å². The van der Waals surface area contributed by atoms with Crippen LogP contribution in [0.3, 0.4) is 0 Å². The normalized spacial score (nSPS) is 11.8. The summed E-state index contributed by atoms with van der Waals surface area (Å²) in [4.78, 5) is 13.2. The summed E-state index contributed by atoms with van der Waals surface area (Å²) in [7, 11) is 0. The minimum atomic E-state index is -4.59. The molecule has 0 amide bonds. The molecule has 0 spiro atoms. The average molecular weight is 425 g/mol. The second-order valence-corrected chi connectivity index (χ2v) is 7.56. The topological polar surface area (TPSA) is 69.6 Å². The molecule has 0 N–H and O–H groups in total. The molecule has 0 aliphatic heterocycles. The summed E-state index contributed by atoms with van der Waals surface area (Å²) in [6.07, 6.45) is -3.44. The minimum Gasteiger partial charge on any atom is -0.267 e. The molecule has 3 aromatic rings. The molecule has 1 aromatic heterocycles. The van der Waals surface area contributed by atoms with E-state index in [0.717, 1.165) is 34.6 Å². The minimum absolute atomic E-state index is 0.00956. The highest BCUT2D eigenvalue weighted by Gasteiger charge is 2.32. The zero-order valence-corrected chi connectivity index (χ0v) is 16.7. The number of nitrogens with zero attached hydrogens (tertiary/aromatic N) is 3. The third-order valence-corrected chi connectivity index (χ3v) is 5.50. The Hall–Kier alpha value is -3.62. The van der Waals surface area contributed by atoms with Gasteiger partial charge in [-0.25, -0.2) is 0 Å². The second kappa shape index (κ2) is 8.02. The van der Waals surface area contributed by atoms with Crippen molar-refractivity contribution in [1.29, 1.82) is 10.5 Å². The number of halogens is 3. The van der Waals surface area contributed by atoms with E-state index in [-0.39, 0.29) is 20.3 Å². The van der Waals surface area contributed by atoms with E-state index in [1.54, 1.807) is 31.2 Å². The highest BCUT2D eigenvalue weighted by molar-refractivity contribution is 7.07. The van der Waals surface area contributed by atoms with E-state index in [4.69, 9.17) is 0 Å². The first-order chi connectivity index (χ1) is 14.2. The third-order valence-electron chi connectivity index (χ3n) is 4.41. The van der Waals surface area contributed by atoms with Crippen LogP contribution in [0.5, 0.6) is 0 Å². The number of nitriles is 2. The molecular weight excluding hydrogens is 411 g/mol. The SMILES string of the molecule is Cc1ccc(-n2c(=C(C#N)C#N)s/c(=C/c3ccccc3C(F)(F)F)c2=O)c(C)c1. The van der Waals surface area contributed by atoms with E-state index in [9.17, 15) is 28.5 Å². The predicted molar refractivity (Wildman–Crippen MR) is 108 cm³/mol. The highest BCUT2D eigenvalue weighted by atomic mass is 32.1. The number of thiazole rings is 1. The molecule has 0 saturated carbocycles. The van der Waals surface area contributed by atoms with E-state index < -0.39 is 17.3 Å². The fourth-order valence-electron chi connectivity index (χ4n) is 3.07. The van der Waals surface area contributed by atoms with Crippen molar-refractivity contribution in [2.45, 2.75) is 20.0 Å². The van der Waals surface area contributed by atoms with Crippen molar-refractivity contribution in [3.05, 3.63) is 84.3 Å². The van der Waals surface area contributed by atoms with Crippen molar-refractivity contribution in [2.75, 3.05) is 0 Å². The van der Waals surface area contributed by atoms with Gasteiger partial charge in [0.05, 0.1) is 15.8 Å². The molecule has 8 heteroatoms. The Balaban J connectivity index is 2.44. The predicted octanol–water partition coefficient (Wildman–Crippen LogP) is 3.56. The Labute approximate surface area is 173 Å². The lowest BCUT2D eigenvalue weighted by atomic mass is 10.1. The standard InChI is InChI=1S/C22H14F3N3OS/c1-13-7-8-18(14(2)9-13)28-20(29)19(30-21(28)16(11-26)12-27)10-15-5-3-4-6-17(15)22(23,24)25/h3-10H,1-2H3/b19-10+. The van der Waals surface area contributed by atoms with Gasteiger partial charge in [0.25, 0.3) is 5.56 Å². The Morgan fingerprint density at radius 3 is 2.37 bits per heavy atom. The van der Waals surface area contributed by atoms with Gasteiger partial charge >= 0.3 is 6.18 Å². The van der Waals surface area contributed by atoms with Crippen LogP contribution < -0.4 is 14.8 Å². The van der Waals surface area contributed by atoms with Crippen LogP contribution in [-0.4, -0.2) is 4.57 Å². The van der Waals surface area contributed by atoms with E-state index in [1.165, 1.54) is 22.8 Å². The quantitative estimate of drug-likeness (QED) is 0.631. The molecule has 2 aromatic carbocycles. The Bertz CT molecular complexity index is 1380. The molecule has 0 fully saturated rings. The number of benzene rings is 2. The lowest BCUT2D eigenvalue weighted by molar-refractivity contribution is -0.137. The van der Waals surface area contributed by atoms with Crippen LogP contribution in [0.25, 0.3) is 17.3 Å². The van der Waals surface area contributed by atoms with Gasteiger partial charge in [0.2, 0.25) is 0 Å². The van der Waals surface area contributed by atoms with Crippen LogP contribution in [0.1, 0.15) is 22.3 Å². The summed E-state index contributed by atoms with van der Waals surface area (Å²) in [5, 5.41) is 18.7. The van der Waals surface area contributed by atoms with E-state index in [2.05, 4.69) is 0 Å². The van der Waals surface area contributed by atoms with Crippen molar-refractivity contribution in [2.24, 2.45) is 0 Å². The van der Waals surface area contributed by atoms with Crippen molar-refractivity contribution in [3.63, 3.8) is 0 Å². The fourth-order valence-corrected chi connectivity index (χ4v) is 4.11. The molecule has 0 radical (unpaired) electrons. The Morgan fingerprint density at radius 2 is 1.77 bits per heavy atom. The highest BCUT2D eigenvalue weighted by Crippen LogP contribution is 2.32. The number of hydrogen-bond acceptors (Lipinski definition) is 4. The molecule has 4 nitrogen and oxygen atoms in total. The molecule has 150 valence electrons. The van der Waals surface area contributed by atoms with Crippen molar-refractivity contribution >= 4 is 23.0 Å². The summed E-state index contributed by atoms with van der Waals surface area (Å²) in [5.74, 6) is 0. The lowest BCUT2D eigenvalue weighted by Gasteiger charge is -2.09. The zero-order chi connectivity index (χ0) is 22.1. The van der Waals surface area contributed by atoms with E-state index in [0.29, 0.717) is 5.69 Å². The first-order valence-electron chi connectivity index (χ1n) is 8.69. The zero-order valence-electron chi connectivity index (χ0n) is 15.9. The monoisotopic (exact) mass is 425 g/mol. The second-order valence-electron chi connectivity index (χ2n) is 6.53. The third kappa shape index (κ3) is 3.91. The number of aryl methyl sites for hydroxylation is 2. The molecule has 3 rings (SSSR count). The van der Waals surface area contributed by atoms with Crippen LogP contribution in [0.4, 0.5) is 13.2 Å². The summed E-state index contributed by atoms with van der Waals surface area (Å²) >= 11 is 0.811. The molecule has 0 bridgehead atoms. The fraction of sp³-hybridized carbons (Fsp3) is 0.136. The van der Waals surface area contributed by atoms with Gasteiger partial charge in [-0.15, -0.1) is 11.3 Å². The van der Waals surface area contributed by atoms with Crippen LogP contribution >= 0.6 is 11.3 Å². The molecule has 30 heavy (non-hydrogen) atoms. The summed E-state index contributed by atoms with van der Waals surface area (Å²) in [5.41, 5.74) is 0.219. The molecular formula is C22H14F3N3OS. The largest absolute Gasteiger partial charge is 0.416 e. The van der Waals surface area contributed by atoms with Crippen LogP contribution in [0.15, 0.2) is 47.3 Å². The molecule has 0 saturated heterocycles. The van der Waals surface area contributed by atoms with Gasteiger partial charge in [0.1, 0.15) is 16.8 Å². The number of aromatic nitrogens is 1. The van der Waals surface area contributed by atoms with Gasteiger partial charge in [-0.3, -0.25) is 9.36 Å². The van der Waals surface area contributed by atoms with Gasteiger partial charge in [-0.1, -0.05) is 35.9 Å². The molecule has 0 aliphatic rings. The van der Waals surface area contributed by atoms with Gasteiger partial charge in [0.15, 0.2) is 5.57 Å². The van der Waals surface area contributed by atoms with Gasteiger partial charge in [-0.05, 0) is 43.2 Å². The van der Waals surface area contributed by atoms with E-state index >= 15 is 0 Å². The molecule has 0 aliphatic carbocycles. The Kier molecular flexibility index (Phi) is 5.64. The van der Waals surface area contributed by atoms with E-state index in [1.807, 2.05) is 13.0 Å². The summed E-state index contributed by atoms with van der Waals surface area (Å²) in [6, 6.07) is 13.7. The maximum atomic E-state index is 13.3. The molecule has 0 unspecified atom stereocenters. The van der Waals surface area contributed by atoms with Crippen molar-refractivity contribution < 1.29 is 13.2 Å². The number of hydrogen-bond donors (Lipinski definition) is 0. The van der Waals surface area contributed by atoms with Gasteiger partial charge in [0, 0.05) is 0 Å². The average Bonchev–Trinajstić information content (AvgIpc) is 2.99. The van der Waals surface area contributed by atoms with Gasteiger partial charge in [-0.2, -0.15) is 23.7 Å². The lowest BCUT2D eigenvalue weighted by Crippen LogP contribution is -2.31. The molecule has 1 heterocycles. The summed E-state index contributed by atoms with van der Waals surface area (Å²) in [6.45, 7) is 3.65. The first-order valence-corrected chi connectivity index (χ1v) is 9.51. The van der Waals surface area contributed by atoms with Crippen molar-refractivity contribution in [1.82, 2.24) is 4.57 Å². The summed E-state index contributed by atoms with van der Waals surface area (Å²) < 4.78 is 41.3. The molecule has 0 atom stereocenters. The Morgan fingerprint density at radius 1 is 1.10 bits per heavy atom. The number of alkyl halides is 3. The maximum Gasteiger partial charge on any atom is 0.416 e. The van der Waals surface area contributed by atoms with Crippen LogP contribution in [0, 0.1) is 36.5 Å². The van der Waals surface area contributed by atoms with Crippen molar-refractivity contribution in [3.8, 4) is 17.8 Å². The van der Waals surface area contributed by atoms with Crippen LogP contribution in [-0.2, 0) is 6.18 Å². The first kappa shape index (κ1) is 21.1. The van der Waals surface area contributed by atoms with Crippen LogP contribution in [0.2, 0.25) is 0 Å². The maximum absolute atomic E-state index is 13.3.